The number of rotatable bonds is 14. The molecule has 1 aromatic heterocycles. The zero-order valence-electron chi connectivity index (χ0n) is 32.2. The number of allylic oxidation sites excluding steroid dienone is 3. The number of fused-ring (bicyclic) bond motifs is 2. The topological polar surface area (TPSA) is 130 Å². The minimum absolute atomic E-state index is 0.100. The largest absolute Gasteiger partial charge is 0.432 e. The van der Waals surface area contributed by atoms with E-state index in [1.165, 1.54) is 11.1 Å². The summed E-state index contributed by atoms with van der Waals surface area (Å²) in [7, 11) is -2.92. The number of hydrogen-bond acceptors (Lipinski definition) is 7. The Hall–Kier alpha value is -4.68. The maximum Gasteiger partial charge on any atom is 0.264 e. The predicted octanol–water partition coefficient (Wildman–Crippen LogP) is 7.58. The molecule has 0 radical (unpaired) electrons. The van der Waals surface area contributed by atoms with Crippen LogP contribution in [0.3, 0.4) is 0 Å². The van der Waals surface area contributed by atoms with Crippen molar-refractivity contribution in [3.8, 4) is 0 Å². The van der Waals surface area contributed by atoms with E-state index in [2.05, 4.69) is 48.6 Å². The van der Waals surface area contributed by atoms with Gasteiger partial charge >= 0.3 is 0 Å². The molecule has 1 spiro atoms. The van der Waals surface area contributed by atoms with Crippen molar-refractivity contribution in [2.45, 2.75) is 89.8 Å². The van der Waals surface area contributed by atoms with Crippen molar-refractivity contribution >= 4 is 31.5 Å². The molecule has 1 fully saturated rings. The molecule has 1 saturated heterocycles. The van der Waals surface area contributed by atoms with Crippen molar-refractivity contribution in [2.75, 3.05) is 23.4 Å². The first-order valence-corrected chi connectivity index (χ1v) is 21.9. The molecule has 284 valence electrons. The Morgan fingerprint density at radius 1 is 1.04 bits per heavy atom. The minimum Gasteiger partial charge on any atom is -0.432 e. The monoisotopic (exact) mass is 747 g/mol. The molecule has 3 aromatic carbocycles. The molecule has 0 aliphatic carbocycles. The van der Waals surface area contributed by atoms with Crippen molar-refractivity contribution in [3.05, 3.63) is 131 Å². The molecule has 2 aliphatic rings. The van der Waals surface area contributed by atoms with E-state index in [0.717, 1.165) is 24.1 Å². The summed E-state index contributed by atoms with van der Waals surface area (Å²) in [6, 6.07) is 24.4. The van der Waals surface area contributed by atoms with Crippen LogP contribution in [0.25, 0.3) is 0 Å². The van der Waals surface area contributed by atoms with Crippen molar-refractivity contribution in [2.24, 2.45) is 5.92 Å². The van der Waals surface area contributed by atoms with E-state index in [4.69, 9.17) is 4.74 Å². The summed E-state index contributed by atoms with van der Waals surface area (Å²) in [6.45, 7) is 12.9. The van der Waals surface area contributed by atoms with E-state index < -0.39 is 20.0 Å². The molecular weight excluding hydrogens is 695 g/mol. The standard InChI is InChI=1S/C43H53N5O5Si/c1-29(2)14-13-15-30(3)22-25-48-38-21-20-34(44-41(50)33-18-11-8-12-19-33)26-36(38)43(42(48)51)31(4)40(54(5,6)52)39(53-43)23-24-47-27-37(45-46-47)35(28-49)32-16-9-7-10-17-32/h7-12,14,16-22,26-27,31,35,39-40,49,52H,13,15,23-25,28H2,1-6H3,(H,44,50)/b30-22+/t31-,35?,39+,40-,43+/m1/s1. The Morgan fingerprint density at radius 3 is 2.41 bits per heavy atom. The van der Waals surface area contributed by atoms with Gasteiger partial charge in [-0.2, -0.15) is 0 Å². The molecule has 1 unspecified atom stereocenters. The number of aliphatic hydroxyl groups is 1. The van der Waals surface area contributed by atoms with Crippen LogP contribution in [0.4, 0.5) is 11.4 Å². The molecule has 5 atom stereocenters. The van der Waals surface area contributed by atoms with Crippen LogP contribution >= 0.6 is 0 Å². The third-order valence-corrected chi connectivity index (χ3v) is 13.4. The van der Waals surface area contributed by atoms with Gasteiger partial charge in [0.1, 0.15) is 0 Å². The lowest BCUT2D eigenvalue weighted by Crippen LogP contribution is -2.46. The molecule has 4 aromatic rings. The van der Waals surface area contributed by atoms with E-state index in [9.17, 15) is 19.5 Å². The number of ether oxygens (including phenoxy) is 1. The smallest absolute Gasteiger partial charge is 0.264 e. The molecule has 10 nitrogen and oxygen atoms in total. The van der Waals surface area contributed by atoms with Gasteiger partial charge < -0.3 is 24.9 Å². The van der Waals surface area contributed by atoms with E-state index in [1.54, 1.807) is 21.7 Å². The van der Waals surface area contributed by atoms with E-state index in [0.29, 0.717) is 42.0 Å². The van der Waals surface area contributed by atoms with Crippen molar-refractivity contribution in [3.63, 3.8) is 0 Å². The summed E-state index contributed by atoms with van der Waals surface area (Å²) in [6.07, 6.45) is 8.04. The molecule has 0 bridgehead atoms. The molecule has 0 saturated carbocycles. The number of aryl methyl sites for hydroxylation is 1. The number of nitrogens with one attached hydrogen (secondary N) is 1. The normalized spacial score (nSPS) is 21.7. The lowest BCUT2D eigenvalue weighted by Gasteiger charge is -2.32. The first-order chi connectivity index (χ1) is 25.8. The van der Waals surface area contributed by atoms with E-state index in [1.807, 2.05) is 92.9 Å². The zero-order chi connectivity index (χ0) is 38.6. The third-order valence-electron chi connectivity index (χ3n) is 10.9. The number of carbonyl (C=O) groups is 2. The summed E-state index contributed by atoms with van der Waals surface area (Å²) in [4.78, 5) is 41.8. The molecule has 54 heavy (non-hydrogen) atoms. The van der Waals surface area contributed by atoms with Gasteiger partial charge in [0.25, 0.3) is 11.8 Å². The van der Waals surface area contributed by atoms with Gasteiger partial charge in [-0.1, -0.05) is 84.0 Å². The number of hydrogen-bond donors (Lipinski definition) is 3. The van der Waals surface area contributed by atoms with Crippen molar-refractivity contribution < 1.29 is 24.2 Å². The summed E-state index contributed by atoms with van der Waals surface area (Å²) in [5.41, 5.74) is 4.98. The second-order valence-electron chi connectivity index (χ2n) is 15.5. The van der Waals surface area contributed by atoms with Crippen LogP contribution in [0.15, 0.2) is 108 Å². The molecule has 11 heteroatoms. The average molecular weight is 748 g/mol. The zero-order valence-corrected chi connectivity index (χ0v) is 33.2. The highest BCUT2D eigenvalue weighted by Gasteiger charge is 2.66. The third kappa shape index (κ3) is 8.05. The maximum absolute atomic E-state index is 15.0. The second kappa shape index (κ2) is 16.4. The molecule has 2 aliphatic heterocycles. The highest BCUT2D eigenvalue weighted by Crippen LogP contribution is 2.60. The number of carbonyl (C=O) groups excluding carboxylic acids is 2. The van der Waals surface area contributed by atoms with Gasteiger partial charge in [0.15, 0.2) is 13.9 Å². The fraction of sp³-hybridized carbons (Fsp3) is 0.395. The highest BCUT2D eigenvalue weighted by atomic mass is 28.4. The van der Waals surface area contributed by atoms with Gasteiger partial charge in [-0.25, -0.2) is 0 Å². The number of nitrogens with zero attached hydrogens (tertiary/aromatic N) is 4. The number of aliphatic hydroxyl groups excluding tert-OH is 1. The van der Waals surface area contributed by atoms with E-state index in [-0.39, 0.29) is 35.8 Å². The van der Waals surface area contributed by atoms with Crippen LogP contribution in [0, 0.1) is 5.92 Å². The van der Waals surface area contributed by atoms with Crippen LogP contribution in [0.5, 0.6) is 0 Å². The first kappa shape index (κ1) is 39.0. The Bertz CT molecular complexity index is 2000. The quantitative estimate of drug-likeness (QED) is 0.0896. The number of anilines is 2. The van der Waals surface area contributed by atoms with Gasteiger partial charge in [-0.15, -0.1) is 5.10 Å². The second-order valence-corrected chi connectivity index (χ2v) is 19.5. The van der Waals surface area contributed by atoms with Gasteiger partial charge in [-0.3, -0.25) is 14.3 Å². The summed E-state index contributed by atoms with van der Waals surface area (Å²) in [5, 5.41) is 22.0. The fourth-order valence-electron chi connectivity index (χ4n) is 8.23. The first-order valence-electron chi connectivity index (χ1n) is 18.9. The van der Waals surface area contributed by atoms with Crippen molar-refractivity contribution in [1.82, 2.24) is 15.0 Å². The fourth-order valence-corrected chi connectivity index (χ4v) is 10.8. The number of benzene rings is 3. The Morgan fingerprint density at radius 2 is 1.74 bits per heavy atom. The van der Waals surface area contributed by atoms with Crippen molar-refractivity contribution in [1.29, 1.82) is 0 Å². The average Bonchev–Trinajstić information content (AvgIpc) is 3.80. The molecular formula is C43H53N5O5Si. The molecule has 6 rings (SSSR count). The minimum atomic E-state index is -2.92. The maximum atomic E-state index is 15.0. The van der Waals surface area contributed by atoms with Crippen LogP contribution in [-0.4, -0.2) is 64.3 Å². The van der Waals surface area contributed by atoms with Gasteiger partial charge in [-0.05, 0) is 89.0 Å². The summed E-state index contributed by atoms with van der Waals surface area (Å²) in [5.74, 6) is -1.07. The van der Waals surface area contributed by atoms with Crippen LogP contribution < -0.4 is 10.2 Å². The van der Waals surface area contributed by atoms with Gasteiger partial charge in [0.2, 0.25) is 0 Å². The Labute approximate surface area is 319 Å². The van der Waals surface area contributed by atoms with Crippen LogP contribution in [0.1, 0.15) is 80.1 Å². The van der Waals surface area contributed by atoms with Crippen LogP contribution in [0.2, 0.25) is 18.6 Å². The molecule has 3 heterocycles. The highest BCUT2D eigenvalue weighted by molar-refractivity contribution is 6.71. The molecule has 2 amide bonds. The summed E-state index contributed by atoms with van der Waals surface area (Å²) < 4.78 is 8.83. The summed E-state index contributed by atoms with van der Waals surface area (Å²) >= 11 is 0. The van der Waals surface area contributed by atoms with Crippen LogP contribution in [-0.2, 0) is 21.7 Å². The predicted molar refractivity (Wildman–Crippen MR) is 215 cm³/mol. The lowest BCUT2D eigenvalue weighted by atomic mass is 9.82. The lowest BCUT2D eigenvalue weighted by molar-refractivity contribution is -0.145. The van der Waals surface area contributed by atoms with Gasteiger partial charge in [0, 0.05) is 47.6 Å². The number of amides is 2. The Balaban J connectivity index is 1.32. The SMILES string of the molecule is CC(C)=CCC/C(C)=C/CN1C(=O)[C@@]2(O[C@@H](CCn3cc(C(CO)c4ccccc4)nn3)[C@H]([Si](C)(C)O)[C@H]2C)c2cc(NC(=O)c3ccccc3)ccc21. The molecule has 3 N–H and O–H groups in total. The Kier molecular flexibility index (Phi) is 11.8. The number of aromatic nitrogens is 3. The van der Waals surface area contributed by atoms with E-state index >= 15 is 0 Å². The van der Waals surface area contributed by atoms with Gasteiger partial charge in [0.05, 0.1) is 30.0 Å².